The molecule has 1 aliphatic heterocycles. The van der Waals surface area contributed by atoms with Crippen molar-refractivity contribution in [2.45, 2.75) is 68.9 Å². The molecule has 3 aliphatic rings. The molecule has 2 saturated carbocycles. The molecule has 2 aliphatic carbocycles. The van der Waals surface area contributed by atoms with Crippen LogP contribution in [-0.4, -0.2) is 47.2 Å². The molecule has 1 unspecified atom stereocenters. The largest absolute Gasteiger partial charge is 0.481 e. The normalized spacial score (nSPS) is 25.8. The van der Waals surface area contributed by atoms with E-state index in [1.807, 2.05) is 12.1 Å². The monoisotopic (exact) mass is 450 g/mol. The van der Waals surface area contributed by atoms with Crippen LogP contribution in [0.3, 0.4) is 0 Å². The number of rotatable bonds is 9. The molecular formula is C28H35FN2O2. The molecule has 0 aromatic heterocycles. The second-order valence-electron chi connectivity index (χ2n) is 10.7. The summed E-state index contributed by atoms with van der Waals surface area (Å²) in [5.74, 6) is -0.270. The van der Waals surface area contributed by atoms with E-state index in [4.69, 9.17) is 0 Å². The van der Waals surface area contributed by atoms with Crippen molar-refractivity contribution >= 4 is 5.97 Å². The van der Waals surface area contributed by atoms with E-state index in [9.17, 15) is 14.3 Å². The molecule has 0 bridgehead atoms. The Hall–Kier alpha value is -2.24. The Morgan fingerprint density at radius 1 is 1.03 bits per heavy atom. The Labute approximate surface area is 196 Å². The summed E-state index contributed by atoms with van der Waals surface area (Å²) in [6.07, 6.45) is 7.61. The predicted molar refractivity (Wildman–Crippen MR) is 128 cm³/mol. The minimum Gasteiger partial charge on any atom is -0.481 e. The maximum atomic E-state index is 13.5. The zero-order valence-corrected chi connectivity index (χ0v) is 19.3. The smallest absolute Gasteiger partial charge is 0.305 e. The van der Waals surface area contributed by atoms with Gasteiger partial charge in [0.15, 0.2) is 0 Å². The van der Waals surface area contributed by atoms with Crippen molar-refractivity contribution in [3.63, 3.8) is 0 Å². The van der Waals surface area contributed by atoms with Crippen molar-refractivity contribution in [1.29, 1.82) is 0 Å². The number of likely N-dealkylation sites (tertiary alicyclic amines) is 1. The third-order valence-electron chi connectivity index (χ3n) is 8.51. The molecule has 5 heteroatoms. The number of hydrogen-bond acceptors (Lipinski definition) is 3. The SMILES string of the molecule is O=C(O)CC1(N2CCC(CN[C@@H]3CC3c3ccccc3)(Cc3ccc(F)cc3)CC2)CCC1. The quantitative estimate of drug-likeness (QED) is 0.565. The van der Waals surface area contributed by atoms with E-state index < -0.39 is 5.97 Å². The minimum atomic E-state index is -0.680. The van der Waals surface area contributed by atoms with Crippen LogP contribution >= 0.6 is 0 Å². The molecule has 1 saturated heterocycles. The van der Waals surface area contributed by atoms with Crippen molar-refractivity contribution < 1.29 is 14.3 Å². The minimum absolute atomic E-state index is 0.117. The summed E-state index contributed by atoms with van der Waals surface area (Å²) in [7, 11) is 0. The average Bonchev–Trinajstić information content (AvgIpc) is 3.58. The van der Waals surface area contributed by atoms with Gasteiger partial charge >= 0.3 is 5.97 Å². The van der Waals surface area contributed by atoms with Crippen molar-refractivity contribution in [2.75, 3.05) is 19.6 Å². The highest BCUT2D eigenvalue weighted by atomic mass is 19.1. The Kier molecular flexibility index (Phi) is 6.28. The van der Waals surface area contributed by atoms with Crippen LogP contribution in [0, 0.1) is 11.2 Å². The average molecular weight is 451 g/mol. The zero-order valence-electron chi connectivity index (χ0n) is 19.3. The third-order valence-corrected chi connectivity index (χ3v) is 8.51. The van der Waals surface area contributed by atoms with E-state index in [1.54, 1.807) is 12.1 Å². The summed E-state index contributed by atoms with van der Waals surface area (Å²) >= 11 is 0. The molecular weight excluding hydrogens is 415 g/mol. The van der Waals surface area contributed by atoms with E-state index in [0.717, 1.165) is 58.2 Å². The number of hydrogen-bond donors (Lipinski definition) is 2. The number of carboxylic acids is 1. The van der Waals surface area contributed by atoms with Gasteiger partial charge in [0, 0.05) is 24.0 Å². The highest BCUT2D eigenvalue weighted by molar-refractivity contribution is 5.68. The number of piperidine rings is 1. The van der Waals surface area contributed by atoms with E-state index in [2.05, 4.69) is 40.5 Å². The number of aliphatic carboxylic acids is 1. The lowest BCUT2D eigenvalue weighted by molar-refractivity contribution is -0.144. The summed E-state index contributed by atoms with van der Waals surface area (Å²) in [5.41, 5.74) is 2.59. The summed E-state index contributed by atoms with van der Waals surface area (Å²) in [6.45, 7) is 2.85. The van der Waals surface area contributed by atoms with Crippen LogP contribution < -0.4 is 5.32 Å². The van der Waals surface area contributed by atoms with Gasteiger partial charge in [-0.1, -0.05) is 42.5 Å². The van der Waals surface area contributed by atoms with Gasteiger partial charge in [0.05, 0.1) is 6.42 Å². The lowest BCUT2D eigenvalue weighted by Gasteiger charge is -2.54. The molecule has 3 fully saturated rings. The third kappa shape index (κ3) is 4.99. The number of nitrogens with one attached hydrogen (secondary N) is 1. The second kappa shape index (κ2) is 9.19. The predicted octanol–water partition coefficient (Wildman–Crippen LogP) is 4.99. The first-order valence-electron chi connectivity index (χ1n) is 12.5. The molecule has 33 heavy (non-hydrogen) atoms. The molecule has 5 rings (SSSR count). The summed E-state index contributed by atoms with van der Waals surface area (Å²) in [6, 6.07) is 18.2. The summed E-state index contributed by atoms with van der Waals surface area (Å²) in [4.78, 5) is 14.0. The standard InChI is InChI=1S/C28H35FN2O2/c29-23-9-7-21(8-10-23)18-27(20-30-25-17-24(25)22-5-2-1-3-6-22)13-15-31(16-14-27)28(11-4-12-28)19-26(32)33/h1-3,5-10,24-25,30H,4,11-20H2,(H,32,33)/t24?,25-/m1/s1. The summed E-state index contributed by atoms with van der Waals surface area (Å²) < 4.78 is 13.5. The first-order chi connectivity index (χ1) is 16.0. The first-order valence-corrected chi connectivity index (χ1v) is 12.5. The fourth-order valence-electron chi connectivity index (χ4n) is 6.21. The van der Waals surface area contributed by atoms with Crippen LogP contribution in [0.25, 0.3) is 0 Å². The van der Waals surface area contributed by atoms with E-state index >= 15 is 0 Å². The maximum absolute atomic E-state index is 13.5. The lowest BCUT2D eigenvalue weighted by Crippen LogP contribution is -2.59. The highest BCUT2D eigenvalue weighted by Gasteiger charge is 2.48. The van der Waals surface area contributed by atoms with Gasteiger partial charge < -0.3 is 10.4 Å². The van der Waals surface area contributed by atoms with Gasteiger partial charge in [-0.3, -0.25) is 9.69 Å². The number of benzene rings is 2. The number of halogens is 1. The van der Waals surface area contributed by atoms with Gasteiger partial charge in [-0.25, -0.2) is 4.39 Å². The lowest BCUT2D eigenvalue weighted by atomic mass is 9.68. The van der Waals surface area contributed by atoms with Gasteiger partial charge in [-0.15, -0.1) is 0 Å². The second-order valence-corrected chi connectivity index (χ2v) is 10.7. The van der Waals surface area contributed by atoms with Crippen LogP contribution in [0.5, 0.6) is 0 Å². The van der Waals surface area contributed by atoms with E-state index in [0.29, 0.717) is 12.0 Å². The molecule has 0 amide bonds. The molecule has 0 spiro atoms. The topological polar surface area (TPSA) is 52.6 Å². The van der Waals surface area contributed by atoms with Gasteiger partial charge in [0.2, 0.25) is 0 Å². The number of nitrogens with zero attached hydrogens (tertiary/aromatic N) is 1. The number of carbonyl (C=O) groups is 1. The Bertz CT molecular complexity index is 950. The Morgan fingerprint density at radius 3 is 2.33 bits per heavy atom. The van der Waals surface area contributed by atoms with Crippen molar-refractivity contribution in [3.05, 3.63) is 71.5 Å². The molecule has 0 radical (unpaired) electrons. The van der Waals surface area contributed by atoms with Crippen LogP contribution in [-0.2, 0) is 11.2 Å². The molecule has 2 aromatic carbocycles. The van der Waals surface area contributed by atoms with Gasteiger partial charge in [0.25, 0.3) is 0 Å². The molecule has 2 aromatic rings. The van der Waals surface area contributed by atoms with Gasteiger partial charge in [-0.2, -0.15) is 0 Å². The van der Waals surface area contributed by atoms with Gasteiger partial charge in [0.1, 0.15) is 5.82 Å². The molecule has 4 nitrogen and oxygen atoms in total. The maximum Gasteiger partial charge on any atom is 0.305 e. The Morgan fingerprint density at radius 2 is 1.73 bits per heavy atom. The molecule has 2 N–H and O–H groups in total. The van der Waals surface area contributed by atoms with E-state index in [1.165, 1.54) is 17.5 Å². The molecule has 176 valence electrons. The van der Waals surface area contributed by atoms with Gasteiger partial charge in [-0.05, 0) is 86.7 Å². The molecule has 2 atom stereocenters. The van der Waals surface area contributed by atoms with Crippen LogP contribution in [0.4, 0.5) is 4.39 Å². The van der Waals surface area contributed by atoms with Crippen LogP contribution in [0.2, 0.25) is 0 Å². The summed E-state index contributed by atoms with van der Waals surface area (Å²) in [5, 5.41) is 13.3. The zero-order chi connectivity index (χ0) is 22.9. The van der Waals surface area contributed by atoms with Crippen molar-refractivity contribution in [3.8, 4) is 0 Å². The van der Waals surface area contributed by atoms with Crippen molar-refractivity contribution in [1.82, 2.24) is 10.2 Å². The van der Waals surface area contributed by atoms with Crippen molar-refractivity contribution in [2.24, 2.45) is 5.41 Å². The fraction of sp³-hybridized carbons (Fsp3) is 0.536. The van der Waals surface area contributed by atoms with Crippen LogP contribution in [0.1, 0.15) is 62.0 Å². The van der Waals surface area contributed by atoms with E-state index in [-0.39, 0.29) is 23.2 Å². The Balaban J connectivity index is 1.26. The number of carboxylic acid groups (broad SMARTS) is 1. The fourth-order valence-corrected chi connectivity index (χ4v) is 6.21. The van der Waals surface area contributed by atoms with Crippen LogP contribution in [0.15, 0.2) is 54.6 Å². The highest BCUT2D eigenvalue weighted by Crippen LogP contribution is 2.46. The molecule has 1 heterocycles. The first kappa shape index (κ1) is 22.5.